The lowest BCUT2D eigenvalue weighted by Gasteiger charge is -2.18. The molecule has 3 heteroatoms. The van der Waals surface area contributed by atoms with Gasteiger partial charge in [-0.1, -0.05) is 12.1 Å². The molecule has 0 bridgehead atoms. The van der Waals surface area contributed by atoms with Gasteiger partial charge in [0, 0.05) is 6.54 Å². The zero-order valence-corrected chi connectivity index (χ0v) is 12.2. The Bertz CT molecular complexity index is 358. The number of nitrogens with zero attached hydrogens (tertiary/aromatic N) is 1. The van der Waals surface area contributed by atoms with Crippen LogP contribution >= 0.6 is 0 Å². The molecule has 3 nitrogen and oxygen atoms in total. The molecule has 0 aromatic heterocycles. The fourth-order valence-corrected chi connectivity index (χ4v) is 2.59. The van der Waals surface area contributed by atoms with Gasteiger partial charge in [0.15, 0.2) is 0 Å². The zero-order valence-electron chi connectivity index (χ0n) is 12.2. The molecule has 1 aromatic carbocycles. The predicted octanol–water partition coefficient (Wildman–Crippen LogP) is 2.17. The summed E-state index contributed by atoms with van der Waals surface area (Å²) >= 11 is 0. The second-order valence-electron chi connectivity index (χ2n) is 5.55. The van der Waals surface area contributed by atoms with Crippen LogP contribution < -0.4 is 10.1 Å². The monoisotopic (exact) mass is 262 g/mol. The van der Waals surface area contributed by atoms with Gasteiger partial charge in [0.2, 0.25) is 0 Å². The van der Waals surface area contributed by atoms with Crippen molar-refractivity contribution in [3.05, 3.63) is 29.8 Å². The Morgan fingerprint density at radius 2 is 2.05 bits per heavy atom. The Labute approximate surface area is 116 Å². The Hall–Kier alpha value is -1.06. The minimum absolute atomic E-state index is 0.892. The normalized spacial score (nSPS) is 19.0. The topological polar surface area (TPSA) is 24.5 Å². The van der Waals surface area contributed by atoms with Gasteiger partial charge >= 0.3 is 0 Å². The van der Waals surface area contributed by atoms with Crippen LogP contribution in [0.25, 0.3) is 0 Å². The minimum atomic E-state index is 0.892. The Kier molecular flexibility index (Phi) is 5.67. The number of nitrogens with one attached hydrogen (secondary N) is 1. The molecule has 0 saturated carbocycles. The van der Waals surface area contributed by atoms with Crippen molar-refractivity contribution < 1.29 is 4.74 Å². The van der Waals surface area contributed by atoms with Gasteiger partial charge in [0.25, 0.3) is 0 Å². The van der Waals surface area contributed by atoms with Crippen molar-refractivity contribution in [1.82, 2.24) is 10.2 Å². The molecule has 0 radical (unpaired) electrons. The maximum atomic E-state index is 5.17. The molecule has 1 atom stereocenters. The first kappa shape index (κ1) is 14.4. The zero-order chi connectivity index (χ0) is 13.5. The van der Waals surface area contributed by atoms with Crippen molar-refractivity contribution in [2.75, 3.05) is 40.3 Å². The van der Waals surface area contributed by atoms with Crippen LogP contribution in [-0.2, 0) is 6.42 Å². The van der Waals surface area contributed by atoms with Crippen LogP contribution in [-0.4, -0.2) is 45.2 Å². The standard InChI is InChI=1S/C16H26N2O/c1-18(12-9-15-7-10-17-13-15)11-8-14-3-5-16(19-2)6-4-14/h3-6,15,17H,7-13H2,1-2H3. The molecule has 1 fully saturated rings. The second kappa shape index (κ2) is 7.51. The lowest BCUT2D eigenvalue weighted by Crippen LogP contribution is -2.24. The number of rotatable bonds is 7. The molecule has 1 aliphatic rings. The van der Waals surface area contributed by atoms with Crippen LogP contribution in [0.4, 0.5) is 0 Å². The molecular formula is C16H26N2O. The van der Waals surface area contributed by atoms with Gasteiger partial charge in [-0.25, -0.2) is 0 Å². The van der Waals surface area contributed by atoms with E-state index in [9.17, 15) is 0 Å². The number of methoxy groups -OCH3 is 1. The van der Waals surface area contributed by atoms with E-state index in [1.54, 1.807) is 7.11 Å². The smallest absolute Gasteiger partial charge is 0.118 e. The lowest BCUT2D eigenvalue weighted by atomic mass is 10.0. The minimum Gasteiger partial charge on any atom is -0.497 e. The summed E-state index contributed by atoms with van der Waals surface area (Å²) in [6, 6.07) is 8.40. The van der Waals surface area contributed by atoms with Gasteiger partial charge in [-0.3, -0.25) is 0 Å². The molecule has 0 spiro atoms. The summed E-state index contributed by atoms with van der Waals surface area (Å²) in [6.45, 7) is 4.77. The summed E-state index contributed by atoms with van der Waals surface area (Å²) < 4.78 is 5.17. The van der Waals surface area contributed by atoms with E-state index in [4.69, 9.17) is 4.74 Å². The van der Waals surface area contributed by atoms with Crippen molar-refractivity contribution in [2.24, 2.45) is 5.92 Å². The van der Waals surface area contributed by atoms with Crippen LogP contribution in [0.5, 0.6) is 5.75 Å². The maximum Gasteiger partial charge on any atom is 0.118 e. The van der Waals surface area contributed by atoms with Gasteiger partial charge in [0.1, 0.15) is 5.75 Å². The first-order chi connectivity index (χ1) is 9.28. The average molecular weight is 262 g/mol. The Balaban J connectivity index is 1.65. The van der Waals surface area contributed by atoms with Crippen molar-refractivity contribution in [2.45, 2.75) is 19.3 Å². The summed E-state index contributed by atoms with van der Waals surface area (Å²) in [5.41, 5.74) is 1.38. The SMILES string of the molecule is COc1ccc(CCN(C)CCC2CCNC2)cc1. The molecule has 1 N–H and O–H groups in total. The summed E-state index contributed by atoms with van der Waals surface area (Å²) in [4.78, 5) is 2.45. The molecule has 19 heavy (non-hydrogen) atoms. The highest BCUT2D eigenvalue weighted by molar-refractivity contribution is 5.27. The molecule has 2 rings (SSSR count). The number of hydrogen-bond donors (Lipinski definition) is 1. The summed E-state index contributed by atoms with van der Waals surface area (Å²) in [5.74, 6) is 1.83. The van der Waals surface area contributed by atoms with Crippen LogP contribution in [0.3, 0.4) is 0 Å². The second-order valence-corrected chi connectivity index (χ2v) is 5.55. The van der Waals surface area contributed by atoms with Crippen LogP contribution in [0, 0.1) is 5.92 Å². The first-order valence-corrected chi connectivity index (χ1v) is 7.30. The maximum absolute atomic E-state index is 5.17. The van der Waals surface area contributed by atoms with E-state index in [0.717, 1.165) is 24.6 Å². The van der Waals surface area contributed by atoms with Crippen molar-refractivity contribution in [3.63, 3.8) is 0 Å². The quantitative estimate of drug-likeness (QED) is 0.815. The van der Waals surface area contributed by atoms with E-state index >= 15 is 0 Å². The lowest BCUT2D eigenvalue weighted by molar-refractivity contribution is 0.308. The number of hydrogen-bond acceptors (Lipinski definition) is 3. The average Bonchev–Trinajstić information content (AvgIpc) is 2.96. The van der Waals surface area contributed by atoms with Crippen molar-refractivity contribution in [1.29, 1.82) is 0 Å². The molecule has 1 saturated heterocycles. The van der Waals surface area contributed by atoms with E-state index in [0.29, 0.717) is 0 Å². The molecule has 1 unspecified atom stereocenters. The number of likely N-dealkylation sites (N-methyl/N-ethyl adjacent to an activating group) is 1. The highest BCUT2D eigenvalue weighted by Gasteiger charge is 2.14. The van der Waals surface area contributed by atoms with E-state index in [2.05, 4.69) is 29.4 Å². The predicted molar refractivity (Wildman–Crippen MR) is 79.8 cm³/mol. The summed E-state index contributed by atoms with van der Waals surface area (Å²) in [5, 5.41) is 3.43. The molecule has 106 valence electrons. The molecule has 0 aliphatic carbocycles. The van der Waals surface area contributed by atoms with Crippen LogP contribution in [0.2, 0.25) is 0 Å². The first-order valence-electron chi connectivity index (χ1n) is 7.30. The van der Waals surface area contributed by atoms with Gasteiger partial charge in [-0.05, 0) is 69.6 Å². The van der Waals surface area contributed by atoms with Gasteiger partial charge in [-0.2, -0.15) is 0 Å². The fourth-order valence-electron chi connectivity index (χ4n) is 2.59. The number of benzene rings is 1. The van der Waals surface area contributed by atoms with Gasteiger partial charge in [-0.15, -0.1) is 0 Å². The van der Waals surface area contributed by atoms with Crippen LogP contribution in [0.1, 0.15) is 18.4 Å². The summed E-state index contributed by atoms with van der Waals surface area (Å²) in [6.07, 6.45) is 3.79. The van der Waals surface area contributed by atoms with E-state index in [-0.39, 0.29) is 0 Å². The molecular weight excluding hydrogens is 236 g/mol. The summed E-state index contributed by atoms with van der Waals surface area (Å²) in [7, 11) is 3.94. The molecule has 1 heterocycles. The molecule has 0 amide bonds. The van der Waals surface area contributed by atoms with Gasteiger partial charge in [0.05, 0.1) is 7.11 Å². The molecule has 1 aliphatic heterocycles. The van der Waals surface area contributed by atoms with Crippen molar-refractivity contribution >= 4 is 0 Å². The molecule has 1 aromatic rings. The highest BCUT2D eigenvalue weighted by Crippen LogP contribution is 2.14. The largest absolute Gasteiger partial charge is 0.497 e. The van der Waals surface area contributed by atoms with Crippen LogP contribution in [0.15, 0.2) is 24.3 Å². The Morgan fingerprint density at radius 3 is 2.68 bits per heavy atom. The van der Waals surface area contributed by atoms with E-state index in [1.165, 1.54) is 38.0 Å². The Morgan fingerprint density at radius 1 is 1.26 bits per heavy atom. The van der Waals surface area contributed by atoms with E-state index in [1.807, 2.05) is 12.1 Å². The highest BCUT2D eigenvalue weighted by atomic mass is 16.5. The number of ether oxygens (including phenoxy) is 1. The third-order valence-electron chi connectivity index (χ3n) is 4.02. The van der Waals surface area contributed by atoms with E-state index < -0.39 is 0 Å². The fraction of sp³-hybridized carbons (Fsp3) is 0.625. The third-order valence-corrected chi connectivity index (χ3v) is 4.02. The third kappa shape index (κ3) is 4.84. The van der Waals surface area contributed by atoms with Gasteiger partial charge < -0.3 is 15.0 Å². The van der Waals surface area contributed by atoms with Crippen molar-refractivity contribution in [3.8, 4) is 5.75 Å².